The summed E-state index contributed by atoms with van der Waals surface area (Å²) in [5.41, 5.74) is 3.39. The van der Waals surface area contributed by atoms with Crippen molar-refractivity contribution in [3.8, 4) is 11.5 Å². The molecule has 26 heavy (non-hydrogen) atoms. The van der Waals surface area contributed by atoms with Crippen molar-refractivity contribution in [3.05, 3.63) is 39.5 Å². The van der Waals surface area contributed by atoms with Gasteiger partial charge in [0, 0.05) is 28.4 Å². The van der Waals surface area contributed by atoms with Gasteiger partial charge in [0.2, 0.25) is 0 Å². The zero-order chi connectivity index (χ0) is 18.3. The Balaban J connectivity index is 1.65. The molecule has 0 bridgehead atoms. The second kappa shape index (κ2) is 6.64. The summed E-state index contributed by atoms with van der Waals surface area (Å²) < 4.78 is 11.7. The van der Waals surface area contributed by atoms with Gasteiger partial charge in [-0.05, 0) is 32.9 Å². The molecule has 7 heteroatoms. The predicted molar refractivity (Wildman–Crippen MR) is 101 cm³/mol. The Labute approximate surface area is 155 Å². The zero-order valence-electron chi connectivity index (χ0n) is 15.0. The molecule has 0 saturated heterocycles. The SMILES string of the molecule is CCOc1cc2c(c3[nH]c(C(=O)NCc4nc(C)cs4)cc13)O[C@@H](C)C2. The van der Waals surface area contributed by atoms with Crippen LogP contribution < -0.4 is 14.8 Å². The lowest BCUT2D eigenvalue weighted by Crippen LogP contribution is -2.23. The Morgan fingerprint density at radius 2 is 2.35 bits per heavy atom. The summed E-state index contributed by atoms with van der Waals surface area (Å²) in [6.45, 7) is 6.92. The van der Waals surface area contributed by atoms with E-state index in [9.17, 15) is 4.79 Å². The Kier molecular flexibility index (Phi) is 4.32. The van der Waals surface area contributed by atoms with Crippen molar-refractivity contribution in [3.63, 3.8) is 0 Å². The van der Waals surface area contributed by atoms with Gasteiger partial charge in [-0.15, -0.1) is 11.3 Å². The summed E-state index contributed by atoms with van der Waals surface area (Å²) in [6, 6.07) is 3.86. The molecule has 1 atom stereocenters. The predicted octanol–water partition coefficient (Wildman–Crippen LogP) is 3.58. The minimum absolute atomic E-state index is 0.124. The largest absolute Gasteiger partial charge is 0.493 e. The highest BCUT2D eigenvalue weighted by Crippen LogP contribution is 2.41. The molecule has 1 aromatic carbocycles. The summed E-state index contributed by atoms with van der Waals surface area (Å²) in [4.78, 5) is 20.2. The van der Waals surface area contributed by atoms with Crippen LogP contribution in [0.4, 0.5) is 0 Å². The molecule has 136 valence electrons. The van der Waals surface area contributed by atoms with E-state index in [1.54, 1.807) is 11.3 Å². The van der Waals surface area contributed by atoms with E-state index in [4.69, 9.17) is 9.47 Å². The average molecular weight is 371 g/mol. The fraction of sp³-hybridized carbons (Fsp3) is 0.368. The van der Waals surface area contributed by atoms with E-state index < -0.39 is 0 Å². The minimum atomic E-state index is -0.170. The maximum atomic E-state index is 12.6. The Morgan fingerprint density at radius 1 is 1.50 bits per heavy atom. The number of thiazole rings is 1. The third-order valence-corrected chi connectivity index (χ3v) is 5.31. The molecule has 3 aromatic rings. The number of H-pyrrole nitrogens is 1. The van der Waals surface area contributed by atoms with Gasteiger partial charge in [-0.1, -0.05) is 0 Å². The first-order valence-corrected chi connectivity index (χ1v) is 9.60. The Morgan fingerprint density at radius 3 is 3.08 bits per heavy atom. The van der Waals surface area contributed by atoms with Crippen LogP contribution in [0.3, 0.4) is 0 Å². The van der Waals surface area contributed by atoms with Crippen molar-refractivity contribution >= 4 is 28.1 Å². The zero-order valence-corrected chi connectivity index (χ0v) is 15.8. The average Bonchev–Trinajstić information content (AvgIpc) is 3.30. The molecular weight excluding hydrogens is 350 g/mol. The molecule has 1 aliphatic heterocycles. The molecule has 2 aromatic heterocycles. The molecule has 0 unspecified atom stereocenters. The lowest BCUT2D eigenvalue weighted by molar-refractivity contribution is 0.0946. The monoisotopic (exact) mass is 371 g/mol. The number of ether oxygens (including phenoxy) is 2. The maximum absolute atomic E-state index is 12.6. The van der Waals surface area contributed by atoms with Crippen LogP contribution in [-0.2, 0) is 13.0 Å². The van der Waals surface area contributed by atoms with Crippen LogP contribution in [0.25, 0.3) is 10.9 Å². The summed E-state index contributed by atoms with van der Waals surface area (Å²) in [5.74, 6) is 1.44. The highest BCUT2D eigenvalue weighted by Gasteiger charge is 2.26. The number of amides is 1. The third-order valence-electron chi connectivity index (χ3n) is 4.34. The minimum Gasteiger partial charge on any atom is -0.493 e. The molecule has 0 saturated carbocycles. The first kappa shape index (κ1) is 16.9. The van der Waals surface area contributed by atoms with E-state index in [1.807, 2.05) is 38.3 Å². The third kappa shape index (κ3) is 3.03. The highest BCUT2D eigenvalue weighted by molar-refractivity contribution is 7.09. The standard InChI is InChI=1S/C19H21N3O3S/c1-4-24-15-6-12-5-11(3)25-18(12)17-13(15)7-14(22-17)19(23)20-8-16-21-10(2)9-26-16/h6-7,9,11,22H,4-5,8H2,1-3H3,(H,20,23)/t11-/m0/s1. The van der Waals surface area contributed by atoms with Crippen LogP contribution in [0.15, 0.2) is 17.5 Å². The van der Waals surface area contributed by atoms with Gasteiger partial charge in [0.25, 0.3) is 5.91 Å². The normalized spacial score (nSPS) is 15.7. The van der Waals surface area contributed by atoms with Crippen LogP contribution in [0.5, 0.6) is 11.5 Å². The van der Waals surface area contributed by atoms with Gasteiger partial charge in [-0.3, -0.25) is 4.79 Å². The molecular formula is C19H21N3O3S. The summed E-state index contributed by atoms with van der Waals surface area (Å²) in [7, 11) is 0. The van der Waals surface area contributed by atoms with E-state index >= 15 is 0 Å². The number of aromatic nitrogens is 2. The van der Waals surface area contributed by atoms with Crippen molar-refractivity contribution in [2.45, 2.75) is 39.8 Å². The smallest absolute Gasteiger partial charge is 0.268 e. The molecule has 0 radical (unpaired) electrons. The number of rotatable bonds is 5. The van der Waals surface area contributed by atoms with Gasteiger partial charge in [-0.2, -0.15) is 0 Å². The van der Waals surface area contributed by atoms with Gasteiger partial charge in [0.1, 0.15) is 28.3 Å². The highest BCUT2D eigenvalue weighted by atomic mass is 32.1. The van der Waals surface area contributed by atoms with Crippen molar-refractivity contribution in [2.75, 3.05) is 6.61 Å². The van der Waals surface area contributed by atoms with Crippen LogP contribution in [0, 0.1) is 6.92 Å². The number of carbonyl (C=O) groups is 1. The first-order chi connectivity index (χ1) is 12.5. The molecule has 2 N–H and O–H groups in total. The number of hydrogen-bond donors (Lipinski definition) is 2. The molecule has 6 nitrogen and oxygen atoms in total. The molecule has 0 spiro atoms. The van der Waals surface area contributed by atoms with Crippen LogP contribution in [0.1, 0.15) is 40.6 Å². The topological polar surface area (TPSA) is 76.2 Å². The number of hydrogen-bond acceptors (Lipinski definition) is 5. The van der Waals surface area contributed by atoms with E-state index in [0.29, 0.717) is 18.8 Å². The number of aromatic amines is 1. The molecule has 1 aliphatic rings. The van der Waals surface area contributed by atoms with Gasteiger partial charge >= 0.3 is 0 Å². The molecule has 0 aliphatic carbocycles. The van der Waals surface area contributed by atoms with E-state index in [-0.39, 0.29) is 12.0 Å². The Bertz CT molecular complexity index is 976. The Hall–Kier alpha value is -2.54. The first-order valence-electron chi connectivity index (χ1n) is 8.72. The number of nitrogens with one attached hydrogen (secondary N) is 2. The van der Waals surface area contributed by atoms with Crippen molar-refractivity contribution < 1.29 is 14.3 Å². The number of carbonyl (C=O) groups excluding carboxylic acids is 1. The second-order valence-corrected chi connectivity index (χ2v) is 7.41. The fourth-order valence-corrected chi connectivity index (χ4v) is 3.97. The molecule has 3 heterocycles. The quantitative estimate of drug-likeness (QED) is 0.719. The maximum Gasteiger partial charge on any atom is 0.268 e. The fourth-order valence-electron chi connectivity index (χ4n) is 3.26. The summed E-state index contributed by atoms with van der Waals surface area (Å²) in [5, 5.41) is 6.65. The van der Waals surface area contributed by atoms with Gasteiger partial charge in [0.05, 0.1) is 18.7 Å². The van der Waals surface area contributed by atoms with E-state index in [2.05, 4.69) is 15.3 Å². The van der Waals surface area contributed by atoms with Crippen molar-refractivity contribution in [1.82, 2.24) is 15.3 Å². The van der Waals surface area contributed by atoms with E-state index in [0.717, 1.165) is 45.1 Å². The molecule has 1 amide bonds. The van der Waals surface area contributed by atoms with Crippen LogP contribution in [0.2, 0.25) is 0 Å². The summed E-state index contributed by atoms with van der Waals surface area (Å²) in [6.07, 6.45) is 0.966. The number of aryl methyl sites for hydroxylation is 1. The van der Waals surface area contributed by atoms with Crippen LogP contribution in [-0.4, -0.2) is 28.6 Å². The summed E-state index contributed by atoms with van der Waals surface area (Å²) >= 11 is 1.54. The second-order valence-electron chi connectivity index (χ2n) is 6.47. The number of benzene rings is 1. The van der Waals surface area contributed by atoms with Gasteiger partial charge < -0.3 is 19.8 Å². The van der Waals surface area contributed by atoms with Gasteiger partial charge in [0.15, 0.2) is 0 Å². The van der Waals surface area contributed by atoms with Crippen molar-refractivity contribution in [1.29, 1.82) is 0 Å². The van der Waals surface area contributed by atoms with Gasteiger partial charge in [-0.25, -0.2) is 4.98 Å². The number of nitrogens with zero attached hydrogens (tertiary/aromatic N) is 1. The lowest BCUT2D eigenvalue weighted by atomic mass is 10.1. The molecule has 4 rings (SSSR count). The van der Waals surface area contributed by atoms with E-state index in [1.165, 1.54) is 0 Å². The van der Waals surface area contributed by atoms with Crippen molar-refractivity contribution in [2.24, 2.45) is 0 Å². The lowest BCUT2D eigenvalue weighted by Gasteiger charge is -2.08. The number of fused-ring (bicyclic) bond motifs is 3. The van der Waals surface area contributed by atoms with Crippen LogP contribution >= 0.6 is 11.3 Å². The molecule has 0 fully saturated rings.